The third-order valence-electron chi connectivity index (χ3n) is 11.1. The first-order chi connectivity index (χ1) is 33.8. The molecule has 1 aromatic carbocycles. The fourth-order valence-corrected chi connectivity index (χ4v) is 7.30. The summed E-state index contributed by atoms with van der Waals surface area (Å²) in [6, 6.07) is -2.11. The molecule has 1 aromatic rings. The molecule has 0 bridgehead atoms. The summed E-state index contributed by atoms with van der Waals surface area (Å²) in [5, 5.41) is 40.6. The van der Waals surface area contributed by atoms with E-state index in [2.05, 4.69) is 47.5 Å². The number of nitrogens with zero attached hydrogens (tertiary/aromatic N) is 1. The van der Waals surface area contributed by atoms with Crippen molar-refractivity contribution in [1.82, 2.24) is 42.5 Å². The van der Waals surface area contributed by atoms with Gasteiger partial charge in [0, 0.05) is 19.4 Å². The van der Waals surface area contributed by atoms with E-state index in [1.807, 2.05) is 0 Å². The van der Waals surface area contributed by atoms with Crippen LogP contribution in [0.3, 0.4) is 0 Å². The van der Waals surface area contributed by atoms with Crippen molar-refractivity contribution in [3.63, 3.8) is 0 Å². The lowest BCUT2D eigenvalue weighted by Crippen LogP contribution is -2.62. The summed E-state index contributed by atoms with van der Waals surface area (Å²) >= 11 is 1.33. The second-order valence-electron chi connectivity index (χ2n) is 17.8. The first kappa shape index (κ1) is 63.5. The number of hydrogen-bond donors (Lipinski definition) is 14. The van der Waals surface area contributed by atoms with Crippen molar-refractivity contribution in [2.45, 2.75) is 147 Å². The van der Waals surface area contributed by atoms with Gasteiger partial charge in [-0.15, -0.1) is 0 Å². The van der Waals surface area contributed by atoms with Crippen LogP contribution in [0.25, 0.3) is 0 Å². The van der Waals surface area contributed by atoms with E-state index in [9.17, 15) is 58.2 Å². The number of aliphatic hydroxyl groups excluding tert-OH is 1. The number of aliphatic hydroxyl groups is 1. The lowest BCUT2D eigenvalue weighted by atomic mass is 9.97. The van der Waals surface area contributed by atoms with Crippen LogP contribution in [0.15, 0.2) is 35.3 Å². The summed E-state index contributed by atoms with van der Waals surface area (Å²) < 4.78 is 0. The number of carbonyl (C=O) groups excluding carboxylic acids is 9. The minimum atomic E-state index is -1.77. The molecule has 0 saturated carbocycles. The number of carboxylic acid groups (broad SMARTS) is 1. The molecule has 18 N–H and O–H groups in total. The van der Waals surface area contributed by atoms with Crippen LogP contribution in [0, 0.1) is 11.8 Å². The van der Waals surface area contributed by atoms with Gasteiger partial charge in [-0.25, -0.2) is 4.79 Å². The smallest absolute Gasteiger partial charge is 0.326 e. The third kappa shape index (κ3) is 24.5. The van der Waals surface area contributed by atoms with Crippen LogP contribution in [-0.4, -0.2) is 155 Å². The molecule has 0 saturated heterocycles. The molecule has 0 aliphatic carbocycles. The Labute approximate surface area is 424 Å². The number of carboxylic acids is 1. The van der Waals surface area contributed by atoms with E-state index in [-0.39, 0.29) is 50.5 Å². The fourth-order valence-electron chi connectivity index (χ4n) is 6.83. The number of guanidine groups is 1. The number of aliphatic imine (C=N–C) groups is 1. The summed E-state index contributed by atoms with van der Waals surface area (Å²) in [7, 11) is 0. The number of nitrogens with one attached hydrogen (secondary N) is 8. The number of primary amides is 1. The Bertz CT molecular complexity index is 2010. The molecule has 0 spiro atoms. The number of aliphatic carboxylic acids is 1. The maximum absolute atomic E-state index is 14.1. The van der Waals surface area contributed by atoms with Crippen LogP contribution in [0.4, 0.5) is 0 Å². The minimum absolute atomic E-state index is 0.0334. The molecule has 25 nitrogen and oxygen atoms in total. The lowest BCUT2D eigenvalue weighted by molar-refractivity contribution is -0.144. The average molecular weight is 1040 g/mol. The van der Waals surface area contributed by atoms with Gasteiger partial charge >= 0.3 is 5.97 Å². The highest BCUT2D eigenvalue weighted by Crippen LogP contribution is 2.13. The maximum atomic E-state index is 14.1. The molecule has 10 atom stereocenters. The molecule has 404 valence electrons. The molecule has 0 aromatic heterocycles. The molecule has 0 radical (unpaired) electrons. The molecular weight excluding hydrogens is 959 g/mol. The van der Waals surface area contributed by atoms with Crippen LogP contribution >= 0.6 is 11.8 Å². The van der Waals surface area contributed by atoms with Crippen LogP contribution in [0.5, 0.6) is 0 Å². The van der Waals surface area contributed by atoms with Crippen molar-refractivity contribution in [3.8, 4) is 0 Å². The maximum Gasteiger partial charge on any atom is 0.326 e. The predicted octanol–water partition coefficient (Wildman–Crippen LogP) is -3.28. The Morgan fingerprint density at radius 2 is 1.22 bits per heavy atom. The Morgan fingerprint density at radius 3 is 1.78 bits per heavy atom. The van der Waals surface area contributed by atoms with Crippen LogP contribution in [0.1, 0.15) is 92.1 Å². The SMILES string of the molecule is CC[C@H](C)[C@H](NC(=O)[C@H](CC(C)C)NC(=O)[C@H](Cc1ccccc1)NC(=O)[C@@H](NC(=O)[C@H](CCC(N)=O)NC(=O)[C@H](CCSC)NC(=O)CNC(=O)[C@H](C)NC(=O)[C@@H](N)CCCN=C(N)N)[C@@H](C)O)C(=O)O. The van der Waals surface area contributed by atoms with Crippen LogP contribution in [-0.2, 0) is 54.4 Å². The largest absolute Gasteiger partial charge is 0.480 e. The monoisotopic (exact) mass is 1040 g/mol. The zero-order chi connectivity index (χ0) is 54.7. The number of nitrogens with two attached hydrogens (primary N) is 4. The molecule has 72 heavy (non-hydrogen) atoms. The van der Waals surface area contributed by atoms with Gasteiger partial charge in [-0.05, 0) is 75.4 Å². The van der Waals surface area contributed by atoms with E-state index in [0.29, 0.717) is 24.2 Å². The predicted molar refractivity (Wildman–Crippen MR) is 270 cm³/mol. The Morgan fingerprint density at radius 1 is 0.667 bits per heavy atom. The van der Waals surface area contributed by atoms with E-state index in [4.69, 9.17) is 22.9 Å². The zero-order valence-corrected chi connectivity index (χ0v) is 43.0. The highest BCUT2D eigenvalue weighted by atomic mass is 32.2. The molecule has 9 amide bonds. The van der Waals surface area contributed by atoms with E-state index in [0.717, 1.165) is 0 Å². The van der Waals surface area contributed by atoms with Crippen molar-refractivity contribution in [1.29, 1.82) is 0 Å². The summed E-state index contributed by atoms with van der Waals surface area (Å²) in [6.07, 6.45) is 0.378. The van der Waals surface area contributed by atoms with Gasteiger partial charge in [0.15, 0.2) is 5.96 Å². The van der Waals surface area contributed by atoms with E-state index < -0.39 is 132 Å². The van der Waals surface area contributed by atoms with Crippen molar-refractivity contribution in [2.24, 2.45) is 39.8 Å². The number of amides is 9. The Hall–Kier alpha value is -6.54. The van der Waals surface area contributed by atoms with E-state index in [1.165, 1.54) is 25.6 Å². The van der Waals surface area contributed by atoms with Crippen molar-refractivity contribution in [3.05, 3.63) is 35.9 Å². The molecular formula is C46H77N13O12S. The van der Waals surface area contributed by atoms with Gasteiger partial charge in [0.05, 0.1) is 18.7 Å². The molecule has 0 aliphatic rings. The summed E-state index contributed by atoms with van der Waals surface area (Å²) in [6.45, 7) is 9.21. The number of carbonyl (C=O) groups is 10. The number of rotatable bonds is 34. The molecule has 0 fully saturated rings. The quantitative estimate of drug-likeness (QED) is 0.0183. The van der Waals surface area contributed by atoms with Gasteiger partial charge in [-0.1, -0.05) is 64.4 Å². The Kier molecular flexibility index (Phi) is 29.2. The van der Waals surface area contributed by atoms with Crippen molar-refractivity contribution >= 4 is 76.9 Å². The zero-order valence-electron chi connectivity index (χ0n) is 42.2. The minimum Gasteiger partial charge on any atom is -0.480 e. The first-order valence-corrected chi connectivity index (χ1v) is 25.1. The number of thioether (sulfide) groups is 1. The summed E-state index contributed by atoms with van der Waals surface area (Å²) in [4.78, 5) is 135. The summed E-state index contributed by atoms with van der Waals surface area (Å²) in [5.41, 5.74) is 22.4. The van der Waals surface area contributed by atoms with Crippen molar-refractivity contribution < 1.29 is 58.2 Å². The average Bonchev–Trinajstić information content (AvgIpc) is 3.31. The van der Waals surface area contributed by atoms with Gasteiger partial charge < -0.3 is 75.7 Å². The highest BCUT2D eigenvalue weighted by Gasteiger charge is 2.36. The van der Waals surface area contributed by atoms with Gasteiger partial charge in [-0.3, -0.25) is 48.1 Å². The second kappa shape index (κ2) is 33.2. The second-order valence-corrected chi connectivity index (χ2v) is 18.8. The van der Waals surface area contributed by atoms with Gasteiger partial charge in [-0.2, -0.15) is 11.8 Å². The van der Waals surface area contributed by atoms with Crippen molar-refractivity contribution in [2.75, 3.05) is 25.1 Å². The molecule has 26 heteroatoms. The number of benzene rings is 1. The first-order valence-electron chi connectivity index (χ1n) is 23.7. The molecule has 0 heterocycles. The van der Waals surface area contributed by atoms with Crippen LogP contribution < -0.4 is 65.5 Å². The fraction of sp³-hybridized carbons (Fsp3) is 0.630. The topological polar surface area (TPSA) is 424 Å². The molecule has 1 rings (SSSR count). The summed E-state index contributed by atoms with van der Waals surface area (Å²) in [5.74, 6) is -9.23. The van der Waals surface area contributed by atoms with E-state index in [1.54, 1.807) is 64.3 Å². The van der Waals surface area contributed by atoms with Gasteiger partial charge in [0.2, 0.25) is 53.2 Å². The lowest BCUT2D eigenvalue weighted by Gasteiger charge is -2.29. The Balaban J connectivity index is 3.29. The van der Waals surface area contributed by atoms with Crippen LogP contribution in [0.2, 0.25) is 0 Å². The highest BCUT2D eigenvalue weighted by molar-refractivity contribution is 7.98. The van der Waals surface area contributed by atoms with Gasteiger partial charge in [0.25, 0.3) is 0 Å². The van der Waals surface area contributed by atoms with E-state index >= 15 is 0 Å². The third-order valence-corrected chi connectivity index (χ3v) is 11.8. The molecule has 0 aliphatic heterocycles. The van der Waals surface area contributed by atoms with Gasteiger partial charge in [0.1, 0.15) is 42.3 Å². The standard InChI is InChI=1S/C46H77N13O12S/c1-8-25(4)36(45(70)71)58-43(68)32(21-24(2)3)56-42(67)33(22-28-13-10-9-11-14-28)57-44(69)37(27(6)60)59-41(66)30(16-17-34(48)61)55-40(65)31(18-20-72-7)54-35(62)23-52-38(63)26(5)53-39(64)29(47)15-12-19-51-46(49)50/h9-11,13-14,24-27,29-33,36-37,60H,8,12,15-23,47H2,1-7H3,(H2,48,61)(H,52,63)(H,53,64)(H,54,62)(H,55,65)(H,56,67)(H,57,69)(H,58,68)(H,59,66)(H,70,71)(H4,49,50,51)/t25-,26-,27+,29-,30-,31-,32-,33-,36-,37-/m0/s1. The normalized spacial score (nSPS) is 15.2. The molecule has 0 unspecified atom stereocenters. The number of hydrogen-bond acceptors (Lipinski definition) is 14.